The number of halogens is 3. The van der Waals surface area contributed by atoms with E-state index in [1.54, 1.807) is 13.8 Å². The van der Waals surface area contributed by atoms with E-state index < -0.39 is 31.2 Å². The van der Waals surface area contributed by atoms with E-state index in [1.165, 1.54) is 0 Å². The first kappa shape index (κ1) is 17.5. The van der Waals surface area contributed by atoms with Gasteiger partial charge in [-0.15, -0.1) is 6.08 Å². The summed E-state index contributed by atoms with van der Waals surface area (Å²) in [5.74, 6) is -2.79. The number of esters is 2. The summed E-state index contributed by atoms with van der Waals surface area (Å²) >= 11 is 0. The fourth-order valence-electron chi connectivity index (χ4n) is 1.26. The van der Waals surface area contributed by atoms with E-state index >= 15 is 0 Å². The molecular weight excluding hydrogens is 264 g/mol. The van der Waals surface area contributed by atoms with E-state index in [1.807, 2.05) is 0 Å². The van der Waals surface area contributed by atoms with Crippen molar-refractivity contribution >= 4 is 18.9 Å². The van der Waals surface area contributed by atoms with Crippen LogP contribution in [-0.4, -0.2) is 32.1 Å². The summed E-state index contributed by atoms with van der Waals surface area (Å²) in [6.45, 7) is -1.59. The molecule has 0 aliphatic rings. The first-order valence-corrected chi connectivity index (χ1v) is 6.01. The Bertz CT molecular complexity index is 310. The molecule has 110 valence electrons. The Hall–Kier alpha value is -1.47. The highest BCUT2D eigenvalue weighted by Gasteiger charge is 2.28. The molecule has 0 spiro atoms. The molecule has 0 bridgehead atoms. The highest BCUT2D eigenvalue weighted by atomic mass is 19.4. The maximum absolute atomic E-state index is 12.0. The summed E-state index contributed by atoms with van der Waals surface area (Å²) in [5.41, 5.74) is 0. The Kier molecular flexibility index (Phi) is 7.94. The van der Waals surface area contributed by atoms with Gasteiger partial charge in [0.05, 0.1) is 13.2 Å². The number of hydrogen-bond donors (Lipinski definition) is 0. The second kappa shape index (κ2) is 8.60. The zero-order valence-corrected chi connectivity index (χ0v) is 10.9. The number of carbonyl (C=O) groups excluding carboxylic acids is 2. The molecule has 0 fully saturated rings. The van der Waals surface area contributed by atoms with Gasteiger partial charge in [0, 0.05) is 0 Å². The van der Waals surface area contributed by atoms with E-state index in [4.69, 9.17) is 0 Å². The van der Waals surface area contributed by atoms with Gasteiger partial charge in [-0.2, -0.15) is 0 Å². The van der Waals surface area contributed by atoms with Crippen LogP contribution in [0.15, 0.2) is 12.2 Å². The molecule has 8 heteroatoms. The fourth-order valence-corrected chi connectivity index (χ4v) is 1.26. The van der Waals surface area contributed by atoms with Crippen molar-refractivity contribution in [2.24, 2.45) is 5.92 Å². The highest BCUT2D eigenvalue weighted by molar-refractivity contribution is 6.58. The van der Waals surface area contributed by atoms with E-state index in [0.717, 1.165) is 12.2 Å². The molecule has 0 unspecified atom stereocenters. The lowest BCUT2D eigenvalue weighted by Crippen LogP contribution is -2.27. The molecule has 0 atom stereocenters. The Morgan fingerprint density at radius 2 is 1.53 bits per heavy atom. The van der Waals surface area contributed by atoms with Crippen molar-refractivity contribution < 1.29 is 32.0 Å². The van der Waals surface area contributed by atoms with Gasteiger partial charge in [0.1, 0.15) is 0 Å². The molecule has 0 aromatic heterocycles. The lowest BCUT2D eigenvalue weighted by molar-refractivity contribution is -0.161. The third-order valence-electron chi connectivity index (χ3n) is 2.08. The van der Waals surface area contributed by atoms with E-state index in [2.05, 4.69) is 9.47 Å². The van der Waals surface area contributed by atoms with Crippen LogP contribution in [0.25, 0.3) is 0 Å². The fraction of sp³-hybridized carbons (Fsp3) is 0.636. The molecule has 0 amide bonds. The molecule has 0 radical (unpaired) electrons. The molecule has 0 aliphatic carbocycles. The highest BCUT2D eigenvalue weighted by Crippen LogP contribution is 2.16. The van der Waals surface area contributed by atoms with Gasteiger partial charge in [-0.25, -0.2) is 0 Å². The smallest absolute Gasteiger partial charge is 0.465 e. The van der Waals surface area contributed by atoms with Crippen molar-refractivity contribution in [3.8, 4) is 0 Å². The van der Waals surface area contributed by atoms with Crippen molar-refractivity contribution in [1.82, 2.24) is 0 Å². The van der Waals surface area contributed by atoms with Crippen LogP contribution in [0.1, 0.15) is 20.3 Å². The molecule has 0 heterocycles. The molecule has 4 nitrogen and oxygen atoms in total. The molecular formula is C11H17BF3O4-. The van der Waals surface area contributed by atoms with Crippen molar-refractivity contribution in [3.63, 3.8) is 0 Å². The van der Waals surface area contributed by atoms with Crippen LogP contribution >= 0.6 is 0 Å². The largest absolute Gasteiger partial charge is 0.482 e. The van der Waals surface area contributed by atoms with Gasteiger partial charge in [0.2, 0.25) is 0 Å². The first-order valence-electron chi connectivity index (χ1n) is 6.01. The van der Waals surface area contributed by atoms with E-state index in [-0.39, 0.29) is 19.6 Å². The molecule has 0 N–H and O–H groups in total. The minimum absolute atomic E-state index is 0.0874. The van der Waals surface area contributed by atoms with Crippen molar-refractivity contribution in [2.75, 3.05) is 13.2 Å². The molecule has 19 heavy (non-hydrogen) atoms. The van der Waals surface area contributed by atoms with Crippen LogP contribution in [-0.2, 0) is 19.1 Å². The summed E-state index contributed by atoms with van der Waals surface area (Å²) in [5, 5.41) is 0. The van der Waals surface area contributed by atoms with Crippen molar-refractivity contribution in [1.29, 1.82) is 0 Å². The number of carbonyl (C=O) groups is 2. The maximum Gasteiger partial charge on any atom is 0.482 e. The molecule has 0 aromatic carbocycles. The normalized spacial score (nSPS) is 11.9. The summed E-state index contributed by atoms with van der Waals surface area (Å²) in [7, 11) is 0. The lowest BCUT2D eigenvalue weighted by Gasteiger charge is -2.13. The Labute approximate surface area is 110 Å². The third kappa shape index (κ3) is 8.28. The van der Waals surface area contributed by atoms with Gasteiger partial charge in [-0.3, -0.25) is 9.59 Å². The van der Waals surface area contributed by atoms with Crippen LogP contribution in [0.2, 0.25) is 6.32 Å². The van der Waals surface area contributed by atoms with Crippen LogP contribution in [0, 0.1) is 5.92 Å². The average Bonchev–Trinajstić information content (AvgIpc) is 2.27. The van der Waals surface area contributed by atoms with Crippen LogP contribution in [0.3, 0.4) is 0 Å². The van der Waals surface area contributed by atoms with Crippen LogP contribution in [0.5, 0.6) is 0 Å². The SMILES string of the molecule is CCOC(=O)C(C/C=C/C[B-](F)(F)F)C(=O)OCC. The van der Waals surface area contributed by atoms with E-state index in [9.17, 15) is 22.5 Å². The summed E-state index contributed by atoms with van der Waals surface area (Å²) in [4.78, 5) is 23.0. The predicted molar refractivity (Wildman–Crippen MR) is 64.4 cm³/mol. The van der Waals surface area contributed by atoms with Gasteiger partial charge in [-0.05, 0) is 20.3 Å². The van der Waals surface area contributed by atoms with Gasteiger partial charge in [-0.1, -0.05) is 12.4 Å². The third-order valence-corrected chi connectivity index (χ3v) is 2.08. The predicted octanol–water partition coefficient (Wildman–Crippen LogP) is 2.52. The second-order valence-electron chi connectivity index (χ2n) is 3.71. The first-order chi connectivity index (χ1) is 8.81. The van der Waals surface area contributed by atoms with Gasteiger partial charge < -0.3 is 22.4 Å². The molecule has 0 aromatic rings. The summed E-state index contributed by atoms with van der Waals surface area (Å²) < 4.78 is 45.3. The molecule has 0 rings (SSSR count). The number of allylic oxidation sites excluding steroid dienone is 2. The lowest BCUT2D eigenvalue weighted by atomic mass is 9.86. The maximum atomic E-state index is 12.0. The Balaban J connectivity index is 4.50. The summed E-state index contributed by atoms with van der Waals surface area (Å²) in [6.07, 6.45) is 0.835. The average molecular weight is 281 g/mol. The topological polar surface area (TPSA) is 52.6 Å². The standard InChI is InChI=1S/C11H17BF3O4/c1-3-18-10(16)9(11(17)19-4-2)7-5-6-8-12(13,14)15/h5-6,9H,3-4,7-8H2,1-2H3/q-1/b6-5+. The van der Waals surface area contributed by atoms with Crippen LogP contribution < -0.4 is 0 Å². The quantitative estimate of drug-likeness (QED) is 0.297. The minimum atomic E-state index is -4.90. The van der Waals surface area contributed by atoms with Crippen molar-refractivity contribution in [3.05, 3.63) is 12.2 Å². The Morgan fingerprint density at radius 3 is 1.89 bits per heavy atom. The zero-order valence-electron chi connectivity index (χ0n) is 10.9. The van der Waals surface area contributed by atoms with Crippen molar-refractivity contribution in [2.45, 2.75) is 26.6 Å². The minimum Gasteiger partial charge on any atom is -0.465 e. The number of ether oxygens (including phenoxy) is 2. The van der Waals surface area contributed by atoms with Gasteiger partial charge >= 0.3 is 18.9 Å². The van der Waals surface area contributed by atoms with Gasteiger partial charge in [0.15, 0.2) is 5.92 Å². The Morgan fingerprint density at radius 1 is 1.05 bits per heavy atom. The zero-order chi connectivity index (χ0) is 14.9. The number of hydrogen-bond acceptors (Lipinski definition) is 4. The monoisotopic (exact) mass is 281 g/mol. The van der Waals surface area contributed by atoms with Gasteiger partial charge in [0.25, 0.3) is 0 Å². The molecule has 0 aliphatic heterocycles. The van der Waals surface area contributed by atoms with E-state index in [0.29, 0.717) is 0 Å². The summed E-state index contributed by atoms with van der Waals surface area (Å²) in [6, 6.07) is 0. The molecule has 0 saturated heterocycles. The van der Waals surface area contributed by atoms with Crippen LogP contribution in [0.4, 0.5) is 12.9 Å². The molecule has 0 saturated carbocycles. The second-order valence-corrected chi connectivity index (χ2v) is 3.71. The number of rotatable bonds is 8.